The van der Waals surface area contributed by atoms with E-state index in [0.29, 0.717) is 11.3 Å². The largest absolute Gasteiger partial charge is 0.347 e. The fraction of sp³-hybridized carbons (Fsp3) is 0.421. The van der Waals surface area contributed by atoms with Gasteiger partial charge in [0.25, 0.3) is 5.91 Å². The van der Waals surface area contributed by atoms with Crippen molar-refractivity contribution in [2.75, 3.05) is 5.32 Å². The molecule has 3 N–H and O–H groups in total. The second-order valence-electron chi connectivity index (χ2n) is 7.34. The molecule has 0 aliphatic rings. The van der Waals surface area contributed by atoms with Crippen molar-refractivity contribution in [3.8, 4) is 0 Å². The molecule has 25 heavy (non-hydrogen) atoms. The van der Waals surface area contributed by atoms with Gasteiger partial charge in [-0.25, -0.2) is 0 Å². The molecule has 0 fully saturated rings. The lowest BCUT2D eigenvalue weighted by atomic mass is 9.98. The van der Waals surface area contributed by atoms with E-state index in [0.717, 1.165) is 17.0 Å². The number of carbonyl (C=O) groups is 2. The van der Waals surface area contributed by atoms with Gasteiger partial charge in [-0.3, -0.25) is 14.7 Å². The highest BCUT2D eigenvalue weighted by molar-refractivity contribution is 5.97. The maximum atomic E-state index is 12.5. The zero-order valence-corrected chi connectivity index (χ0v) is 15.7. The normalized spacial score (nSPS) is 12.6. The van der Waals surface area contributed by atoms with Gasteiger partial charge in [-0.1, -0.05) is 0 Å². The standard InChI is InChI=1S/C19H26N4O2/c1-11(16-12(2)22-23-13(16)3)17(24)20-15-9-7-14(8-10-15)18(25)21-19(4,5)6/h7-11H,1-6H3,(H,20,24)(H,21,25)(H,22,23). The molecule has 2 amide bonds. The first kappa shape index (κ1) is 18.7. The molecule has 0 saturated carbocycles. The summed E-state index contributed by atoms with van der Waals surface area (Å²) in [7, 11) is 0. The van der Waals surface area contributed by atoms with Gasteiger partial charge in [-0.15, -0.1) is 0 Å². The van der Waals surface area contributed by atoms with Crippen LogP contribution in [0.3, 0.4) is 0 Å². The third-order valence-corrected chi connectivity index (χ3v) is 3.91. The van der Waals surface area contributed by atoms with Crippen molar-refractivity contribution < 1.29 is 9.59 Å². The van der Waals surface area contributed by atoms with E-state index >= 15 is 0 Å². The lowest BCUT2D eigenvalue weighted by Crippen LogP contribution is -2.40. The average molecular weight is 342 g/mol. The Hall–Kier alpha value is -2.63. The van der Waals surface area contributed by atoms with Crippen LogP contribution < -0.4 is 10.6 Å². The Bertz CT molecular complexity index is 750. The predicted octanol–water partition coefficient (Wildman–Crippen LogP) is 3.30. The molecule has 1 aromatic heterocycles. The molecule has 2 rings (SSSR count). The molecule has 6 nitrogen and oxygen atoms in total. The Morgan fingerprint density at radius 3 is 2.20 bits per heavy atom. The second-order valence-corrected chi connectivity index (χ2v) is 7.34. The maximum absolute atomic E-state index is 12.5. The van der Waals surface area contributed by atoms with Crippen LogP contribution in [0.1, 0.15) is 60.9 Å². The Balaban J connectivity index is 2.06. The highest BCUT2D eigenvalue weighted by Gasteiger charge is 2.21. The number of aryl methyl sites for hydroxylation is 2. The molecule has 1 atom stereocenters. The van der Waals surface area contributed by atoms with E-state index in [-0.39, 0.29) is 23.3 Å². The van der Waals surface area contributed by atoms with Crippen LogP contribution >= 0.6 is 0 Å². The molecule has 6 heteroatoms. The first-order chi connectivity index (χ1) is 11.6. The molecule has 2 aromatic rings. The topological polar surface area (TPSA) is 86.9 Å². The predicted molar refractivity (Wildman–Crippen MR) is 98.8 cm³/mol. The van der Waals surface area contributed by atoms with Crippen molar-refractivity contribution in [2.45, 2.75) is 53.0 Å². The van der Waals surface area contributed by atoms with E-state index in [2.05, 4.69) is 20.8 Å². The van der Waals surface area contributed by atoms with E-state index in [9.17, 15) is 9.59 Å². The minimum atomic E-state index is -0.317. The summed E-state index contributed by atoms with van der Waals surface area (Å²) in [5.74, 6) is -0.564. The quantitative estimate of drug-likeness (QED) is 0.797. The van der Waals surface area contributed by atoms with Crippen LogP contribution in [0.2, 0.25) is 0 Å². The Morgan fingerprint density at radius 1 is 1.12 bits per heavy atom. The Morgan fingerprint density at radius 2 is 1.72 bits per heavy atom. The Labute approximate surface area is 148 Å². The van der Waals surface area contributed by atoms with Crippen molar-refractivity contribution in [3.05, 3.63) is 46.8 Å². The van der Waals surface area contributed by atoms with Crippen LogP contribution in [0, 0.1) is 13.8 Å². The van der Waals surface area contributed by atoms with E-state index in [1.807, 2.05) is 41.5 Å². The summed E-state index contributed by atoms with van der Waals surface area (Å²) in [5, 5.41) is 12.8. The van der Waals surface area contributed by atoms with Crippen LogP contribution in [0.4, 0.5) is 5.69 Å². The molecule has 0 aliphatic heterocycles. The molecular formula is C19H26N4O2. The summed E-state index contributed by atoms with van der Waals surface area (Å²) < 4.78 is 0. The minimum absolute atomic E-state index is 0.112. The van der Waals surface area contributed by atoms with Gasteiger partial charge in [0.15, 0.2) is 0 Å². The van der Waals surface area contributed by atoms with Crippen LogP contribution in [-0.2, 0) is 4.79 Å². The van der Waals surface area contributed by atoms with Gasteiger partial charge in [-0.2, -0.15) is 5.10 Å². The van der Waals surface area contributed by atoms with E-state index in [4.69, 9.17) is 0 Å². The number of aromatic amines is 1. The summed E-state index contributed by atoms with van der Waals surface area (Å²) in [4.78, 5) is 24.6. The van der Waals surface area contributed by atoms with Crippen LogP contribution in [0.5, 0.6) is 0 Å². The first-order valence-electron chi connectivity index (χ1n) is 8.33. The summed E-state index contributed by atoms with van der Waals surface area (Å²) in [6.07, 6.45) is 0. The third kappa shape index (κ3) is 4.68. The van der Waals surface area contributed by atoms with Gasteiger partial charge in [0.05, 0.1) is 11.6 Å². The number of amides is 2. The molecule has 0 aliphatic carbocycles. The van der Waals surface area contributed by atoms with E-state index in [1.54, 1.807) is 24.3 Å². The lowest BCUT2D eigenvalue weighted by Gasteiger charge is -2.20. The fourth-order valence-electron chi connectivity index (χ4n) is 2.70. The van der Waals surface area contributed by atoms with Crippen LogP contribution in [0.15, 0.2) is 24.3 Å². The second kappa shape index (κ2) is 7.09. The number of aromatic nitrogens is 2. The number of hydrogen-bond acceptors (Lipinski definition) is 3. The molecule has 0 spiro atoms. The molecular weight excluding hydrogens is 316 g/mol. The summed E-state index contributed by atoms with van der Waals surface area (Å²) in [6, 6.07) is 6.87. The summed E-state index contributed by atoms with van der Waals surface area (Å²) >= 11 is 0. The van der Waals surface area contributed by atoms with Gasteiger partial charge in [0, 0.05) is 28.0 Å². The van der Waals surface area contributed by atoms with Gasteiger partial charge in [0.2, 0.25) is 5.91 Å². The van der Waals surface area contributed by atoms with Crippen molar-refractivity contribution in [1.29, 1.82) is 0 Å². The highest BCUT2D eigenvalue weighted by Crippen LogP contribution is 2.23. The molecule has 0 saturated heterocycles. The SMILES string of the molecule is Cc1n[nH]c(C)c1C(C)C(=O)Nc1ccc(C(=O)NC(C)(C)C)cc1. The van der Waals surface area contributed by atoms with Crippen molar-refractivity contribution in [1.82, 2.24) is 15.5 Å². The fourth-order valence-corrected chi connectivity index (χ4v) is 2.70. The number of rotatable bonds is 4. The van der Waals surface area contributed by atoms with Crippen LogP contribution in [0.25, 0.3) is 0 Å². The molecule has 0 bridgehead atoms. The highest BCUT2D eigenvalue weighted by atomic mass is 16.2. The number of nitrogens with one attached hydrogen (secondary N) is 3. The number of carbonyl (C=O) groups excluding carboxylic acids is 2. The third-order valence-electron chi connectivity index (χ3n) is 3.91. The zero-order chi connectivity index (χ0) is 18.8. The van der Waals surface area contributed by atoms with Crippen molar-refractivity contribution in [2.24, 2.45) is 0 Å². The number of nitrogens with zero attached hydrogens (tertiary/aromatic N) is 1. The zero-order valence-electron chi connectivity index (χ0n) is 15.7. The number of benzene rings is 1. The van der Waals surface area contributed by atoms with Gasteiger partial charge in [0.1, 0.15) is 0 Å². The van der Waals surface area contributed by atoms with Gasteiger partial charge in [-0.05, 0) is 65.8 Å². The van der Waals surface area contributed by atoms with Crippen molar-refractivity contribution >= 4 is 17.5 Å². The number of anilines is 1. The smallest absolute Gasteiger partial charge is 0.251 e. The van der Waals surface area contributed by atoms with Gasteiger partial charge >= 0.3 is 0 Å². The monoisotopic (exact) mass is 342 g/mol. The van der Waals surface area contributed by atoms with Crippen LogP contribution in [-0.4, -0.2) is 27.6 Å². The Kier molecular flexibility index (Phi) is 5.30. The summed E-state index contributed by atoms with van der Waals surface area (Å²) in [6.45, 7) is 11.4. The van der Waals surface area contributed by atoms with E-state index < -0.39 is 0 Å². The van der Waals surface area contributed by atoms with Crippen molar-refractivity contribution in [3.63, 3.8) is 0 Å². The lowest BCUT2D eigenvalue weighted by molar-refractivity contribution is -0.117. The number of H-pyrrole nitrogens is 1. The van der Waals surface area contributed by atoms with Gasteiger partial charge < -0.3 is 10.6 Å². The molecule has 1 heterocycles. The number of hydrogen-bond donors (Lipinski definition) is 3. The average Bonchev–Trinajstić information content (AvgIpc) is 2.84. The molecule has 1 unspecified atom stereocenters. The molecule has 134 valence electrons. The maximum Gasteiger partial charge on any atom is 0.251 e. The van der Waals surface area contributed by atoms with E-state index in [1.165, 1.54) is 0 Å². The first-order valence-corrected chi connectivity index (χ1v) is 8.33. The summed E-state index contributed by atoms with van der Waals surface area (Å²) in [5.41, 5.74) is 3.56. The molecule has 0 radical (unpaired) electrons. The minimum Gasteiger partial charge on any atom is -0.347 e. The molecule has 1 aromatic carbocycles.